The highest BCUT2D eigenvalue weighted by Gasteiger charge is 2.53. The minimum Gasteiger partial charge on any atom is -0.307 e. The van der Waals surface area contributed by atoms with E-state index >= 15 is 0 Å². The van der Waals surface area contributed by atoms with Gasteiger partial charge in [0.25, 0.3) is 11.8 Å². The van der Waals surface area contributed by atoms with Crippen LogP contribution < -0.4 is 10.2 Å². The Kier molecular flexibility index (Phi) is 3.86. The number of nitrogens with one attached hydrogen (secondary N) is 1. The van der Waals surface area contributed by atoms with Crippen molar-refractivity contribution < 1.29 is 9.59 Å². The summed E-state index contributed by atoms with van der Waals surface area (Å²) in [6.45, 7) is 6.45. The van der Waals surface area contributed by atoms with E-state index in [0.717, 1.165) is 23.2 Å². The highest BCUT2D eigenvalue weighted by Crippen LogP contribution is 2.57. The first kappa shape index (κ1) is 18.6. The lowest BCUT2D eigenvalue weighted by Gasteiger charge is -2.49. The van der Waals surface area contributed by atoms with E-state index in [2.05, 4.69) is 56.4 Å². The molecule has 0 saturated carbocycles. The molecule has 3 aliphatic heterocycles. The molecule has 146 valence electrons. The van der Waals surface area contributed by atoms with Crippen molar-refractivity contribution in [2.24, 2.45) is 0 Å². The summed E-state index contributed by atoms with van der Waals surface area (Å²) in [6.07, 6.45) is 0.784. The molecule has 0 aromatic heterocycles. The fourth-order valence-corrected chi connectivity index (χ4v) is 6.25. The van der Waals surface area contributed by atoms with E-state index in [4.69, 9.17) is 12.2 Å². The molecule has 0 aliphatic carbocycles. The van der Waals surface area contributed by atoms with Gasteiger partial charge >= 0.3 is 0 Å². The Hall–Kier alpha value is -2.44. The van der Waals surface area contributed by atoms with Gasteiger partial charge in [-0.15, -0.1) is 0 Å². The molecule has 1 atom stereocenters. The van der Waals surface area contributed by atoms with Crippen molar-refractivity contribution in [3.05, 3.63) is 70.1 Å². The molecule has 3 heterocycles. The third-order valence-electron chi connectivity index (χ3n) is 6.19. The van der Waals surface area contributed by atoms with E-state index in [1.54, 1.807) is 0 Å². The van der Waals surface area contributed by atoms with Crippen LogP contribution >= 0.6 is 24.0 Å². The van der Waals surface area contributed by atoms with Gasteiger partial charge in [0.2, 0.25) is 0 Å². The molecule has 0 spiro atoms. The summed E-state index contributed by atoms with van der Waals surface area (Å²) in [5.74, 6) is -0.403. The average Bonchev–Trinajstić information content (AvgIpc) is 3.16. The van der Waals surface area contributed by atoms with Crippen LogP contribution in [0.2, 0.25) is 0 Å². The summed E-state index contributed by atoms with van der Waals surface area (Å²) in [5.41, 5.74) is 3.91. The number of hydrogen-bond donors (Lipinski definition) is 1. The highest BCUT2D eigenvalue weighted by molar-refractivity contribution is 8.27. The maximum atomic E-state index is 13.6. The second-order valence-electron chi connectivity index (χ2n) is 8.58. The Bertz CT molecular complexity index is 1140. The Morgan fingerprint density at radius 3 is 2.41 bits per heavy atom. The predicted molar refractivity (Wildman–Crippen MR) is 121 cm³/mol. The number of carbonyl (C=O) groups excluding carboxylic acids is 2. The van der Waals surface area contributed by atoms with Gasteiger partial charge in [-0.25, -0.2) is 0 Å². The zero-order valence-electron chi connectivity index (χ0n) is 16.4. The Morgan fingerprint density at radius 1 is 1.03 bits per heavy atom. The normalized spacial score (nSPS) is 27.3. The van der Waals surface area contributed by atoms with Crippen LogP contribution in [0.1, 0.15) is 43.9 Å². The van der Waals surface area contributed by atoms with Crippen LogP contribution in [0, 0.1) is 0 Å². The number of amides is 2. The molecule has 2 amide bonds. The molecule has 29 heavy (non-hydrogen) atoms. The fourth-order valence-electron chi connectivity index (χ4n) is 5.14. The quantitative estimate of drug-likeness (QED) is 0.549. The van der Waals surface area contributed by atoms with Crippen molar-refractivity contribution in [1.82, 2.24) is 5.32 Å². The number of rotatable bonds is 1. The topological polar surface area (TPSA) is 49.4 Å². The summed E-state index contributed by atoms with van der Waals surface area (Å²) in [4.78, 5) is 28.4. The van der Waals surface area contributed by atoms with Crippen LogP contribution in [0.5, 0.6) is 0 Å². The first-order valence-corrected chi connectivity index (χ1v) is 10.8. The van der Waals surface area contributed by atoms with Crippen LogP contribution in [0.15, 0.2) is 53.4 Å². The van der Waals surface area contributed by atoms with Crippen molar-refractivity contribution in [3.63, 3.8) is 0 Å². The molecule has 0 unspecified atom stereocenters. The lowest BCUT2D eigenvalue weighted by molar-refractivity contribution is -0.116. The highest BCUT2D eigenvalue weighted by atomic mass is 32.2. The average molecular weight is 421 g/mol. The third-order valence-corrected chi connectivity index (χ3v) is 7.42. The van der Waals surface area contributed by atoms with Gasteiger partial charge in [0, 0.05) is 16.5 Å². The number of thioether (sulfide) groups is 1. The van der Waals surface area contributed by atoms with Crippen LogP contribution in [0.3, 0.4) is 0 Å². The lowest BCUT2D eigenvalue weighted by Crippen LogP contribution is -2.54. The second kappa shape index (κ2) is 6.03. The van der Waals surface area contributed by atoms with Gasteiger partial charge in [0.15, 0.2) is 0 Å². The maximum absolute atomic E-state index is 13.6. The molecule has 0 radical (unpaired) electrons. The van der Waals surface area contributed by atoms with Gasteiger partial charge < -0.3 is 10.2 Å². The molecule has 2 aromatic carbocycles. The Balaban J connectivity index is 1.82. The van der Waals surface area contributed by atoms with E-state index in [9.17, 15) is 9.59 Å². The molecule has 0 bridgehead atoms. The number of para-hydroxylation sites is 1. The number of hydrogen-bond acceptors (Lipinski definition) is 4. The molecule has 5 rings (SSSR count). The molecule has 6 heteroatoms. The van der Waals surface area contributed by atoms with Crippen molar-refractivity contribution in [3.8, 4) is 0 Å². The van der Waals surface area contributed by atoms with E-state index in [0.29, 0.717) is 14.8 Å². The predicted octanol–water partition coefficient (Wildman–Crippen LogP) is 4.38. The summed E-state index contributed by atoms with van der Waals surface area (Å²) >= 11 is 6.34. The number of thiocarbonyl (C=S) groups is 1. The summed E-state index contributed by atoms with van der Waals surface area (Å²) < 4.78 is 0.393. The Labute approximate surface area is 179 Å². The molecule has 1 fully saturated rings. The zero-order chi connectivity index (χ0) is 20.6. The first-order chi connectivity index (χ1) is 13.7. The fraction of sp³-hybridized carbons (Fsp3) is 0.261. The standard InChI is InChI=1S/C23H20N2O2S2/c1-22(2)12-23(3,13-8-5-4-6-9-13)15-11-7-10-14-16(20(27)25(22)17(14)15)18-19(26)24-21(28)29-18/h4-11H,12H2,1-3H3,(H,24,26,28)/b18-16+/t23-/m1/s1. The van der Waals surface area contributed by atoms with E-state index < -0.39 is 5.54 Å². The van der Waals surface area contributed by atoms with E-state index in [1.807, 2.05) is 23.1 Å². The summed E-state index contributed by atoms with van der Waals surface area (Å²) in [7, 11) is 0. The summed E-state index contributed by atoms with van der Waals surface area (Å²) in [5, 5.41) is 2.65. The zero-order valence-corrected chi connectivity index (χ0v) is 18.0. The van der Waals surface area contributed by atoms with Gasteiger partial charge in [0.05, 0.1) is 16.2 Å². The van der Waals surface area contributed by atoms with Gasteiger partial charge in [-0.05, 0) is 31.4 Å². The van der Waals surface area contributed by atoms with E-state index in [1.165, 1.54) is 17.3 Å². The Morgan fingerprint density at radius 2 is 1.76 bits per heavy atom. The van der Waals surface area contributed by atoms with Crippen LogP contribution in [0.25, 0.3) is 5.57 Å². The minimum atomic E-state index is -0.409. The molecule has 2 aromatic rings. The van der Waals surface area contributed by atoms with Gasteiger partial charge in [-0.3, -0.25) is 9.59 Å². The van der Waals surface area contributed by atoms with Crippen molar-refractivity contribution in [1.29, 1.82) is 0 Å². The molecule has 3 aliphatic rings. The minimum absolute atomic E-state index is 0.116. The molecule has 1 N–H and O–H groups in total. The van der Waals surface area contributed by atoms with Crippen LogP contribution in [-0.2, 0) is 15.0 Å². The maximum Gasteiger partial charge on any atom is 0.264 e. The number of carbonyl (C=O) groups is 2. The van der Waals surface area contributed by atoms with Gasteiger partial charge in [0.1, 0.15) is 4.32 Å². The van der Waals surface area contributed by atoms with Crippen molar-refractivity contribution >= 4 is 51.4 Å². The van der Waals surface area contributed by atoms with Crippen LogP contribution in [0.4, 0.5) is 5.69 Å². The van der Waals surface area contributed by atoms with Crippen LogP contribution in [-0.4, -0.2) is 21.7 Å². The molecule has 4 nitrogen and oxygen atoms in total. The van der Waals surface area contributed by atoms with Crippen molar-refractivity contribution in [2.45, 2.75) is 38.1 Å². The van der Waals surface area contributed by atoms with Gasteiger partial charge in [-0.1, -0.05) is 79.4 Å². The second-order valence-corrected chi connectivity index (χ2v) is 10.3. The lowest BCUT2D eigenvalue weighted by atomic mass is 9.65. The summed E-state index contributed by atoms with van der Waals surface area (Å²) in [6, 6.07) is 16.5. The largest absolute Gasteiger partial charge is 0.307 e. The smallest absolute Gasteiger partial charge is 0.264 e. The molecular weight excluding hydrogens is 400 g/mol. The number of anilines is 1. The number of nitrogens with zero attached hydrogens (tertiary/aromatic N) is 1. The number of benzene rings is 2. The molecular formula is C23H20N2O2S2. The first-order valence-electron chi connectivity index (χ1n) is 9.55. The molecule has 1 saturated heterocycles. The third kappa shape index (κ3) is 2.49. The SMILES string of the molecule is CC1(C)C[C@](C)(c2ccccc2)c2cccc3c2N1C(=O)/C3=C1/SC(=S)NC1=O. The van der Waals surface area contributed by atoms with Crippen molar-refractivity contribution in [2.75, 3.05) is 4.90 Å². The van der Waals surface area contributed by atoms with E-state index in [-0.39, 0.29) is 17.2 Å². The van der Waals surface area contributed by atoms with Gasteiger partial charge in [-0.2, -0.15) is 0 Å². The monoisotopic (exact) mass is 420 g/mol.